The van der Waals surface area contributed by atoms with Crippen LogP contribution in [-0.2, 0) is 0 Å². The Bertz CT molecular complexity index is 2400. The highest BCUT2D eigenvalue weighted by Crippen LogP contribution is 2.48. The maximum Gasteiger partial charge on any atom is 0.0726 e. The largest absolute Gasteiger partial charge is 0.307 e. The molecule has 0 bridgehead atoms. The molecule has 0 saturated heterocycles. The number of fused-ring (bicyclic) bond motifs is 13. The van der Waals surface area contributed by atoms with Gasteiger partial charge in [0.05, 0.1) is 15.7 Å². The van der Waals surface area contributed by atoms with Crippen molar-refractivity contribution in [2.24, 2.45) is 0 Å². The average Bonchev–Trinajstić information content (AvgIpc) is 3.54. The number of thiophene rings is 1. The second-order valence-electron chi connectivity index (χ2n) is 10.1. The lowest BCUT2D eigenvalue weighted by molar-refractivity contribution is 1.20. The summed E-state index contributed by atoms with van der Waals surface area (Å²) in [7, 11) is 0. The molecule has 2 heteroatoms. The number of benzene rings is 7. The van der Waals surface area contributed by atoms with Crippen LogP contribution in [0.3, 0.4) is 0 Å². The summed E-state index contributed by atoms with van der Waals surface area (Å²) in [5.41, 5.74) is 3.79. The van der Waals surface area contributed by atoms with E-state index >= 15 is 0 Å². The molecule has 0 unspecified atom stereocenters. The van der Waals surface area contributed by atoms with Gasteiger partial charge in [-0.1, -0.05) is 109 Å². The maximum absolute atomic E-state index is 2.55. The van der Waals surface area contributed by atoms with Crippen molar-refractivity contribution in [3.8, 4) is 5.69 Å². The Hall–Kier alpha value is -4.66. The fourth-order valence-electron chi connectivity index (χ4n) is 6.51. The fourth-order valence-corrected chi connectivity index (χ4v) is 7.77. The quantitative estimate of drug-likeness (QED) is 0.212. The first-order valence-electron chi connectivity index (χ1n) is 13.0. The van der Waals surface area contributed by atoms with E-state index < -0.39 is 0 Å². The van der Waals surface area contributed by atoms with Crippen LogP contribution in [0.1, 0.15) is 0 Å². The molecule has 0 aliphatic carbocycles. The summed E-state index contributed by atoms with van der Waals surface area (Å²) in [6, 6.07) is 46.8. The van der Waals surface area contributed by atoms with E-state index in [-0.39, 0.29) is 0 Å². The first-order valence-corrected chi connectivity index (χ1v) is 13.9. The van der Waals surface area contributed by atoms with Crippen molar-refractivity contribution in [2.45, 2.75) is 0 Å². The molecule has 9 rings (SSSR count). The predicted octanol–water partition coefficient (Wildman–Crippen LogP) is 10.6. The molecule has 1 nitrogen and oxygen atoms in total. The van der Waals surface area contributed by atoms with Gasteiger partial charge in [-0.05, 0) is 45.1 Å². The molecular formula is C36H21NS. The zero-order chi connectivity index (χ0) is 24.8. The zero-order valence-corrected chi connectivity index (χ0v) is 21.3. The van der Waals surface area contributed by atoms with Crippen molar-refractivity contribution in [2.75, 3.05) is 0 Å². The van der Waals surface area contributed by atoms with Crippen molar-refractivity contribution in [1.29, 1.82) is 0 Å². The van der Waals surface area contributed by atoms with Gasteiger partial charge in [-0.15, -0.1) is 11.3 Å². The Morgan fingerprint density at radius 1 is 0.421 bits per heavy atom. The van der Waals surface area contributed by atoms with Crippen molar-refractivity contribution in [1.82, 2.24) is 4.57 Å². The topological polar surface area (TPSA) is 4.93 Å². The highest BCUT2D eigenvalue weighted by molar-refractivity contribution is 7.27. The average molecular weight is 500 g/mol. The number of rotatable bonds is 1. The van der Waals surface area contributed by atoms with E-state index in [9.17, 15) is 0 Å². The molecule has 0 radical (unpaired) electrons. The molecule has 7 aromatic carbocycles. The van der Waals surface area contributed by atoms with Gasteiger partial charge in [-0.3, -0.25) is 0 Å². The first-order chi connectivity index (χ1) is 18.9. The van der Waals surface area contributed by atoms with Gasteiger partial charge < -0.3 is 4.57 Å². The normalized spacial score (nSPS) is 12.2. The number of hydrogen-bond donors (Lipinski definition) is 0. The highest BCUT2D eigenvalue weighted by Gasteiger charge is 2.22. The fraction of sp³-hybridized carbons (Fsp3) is 0. The number of nitrogens with zero attached hydrogens (tertiary/aromatic N) is 1. The predicted molar refractivity (Wildman–Crippen MR) is 166 cm³/mol. The van der Waals surface area contributed by atoms with Crippen molar-refractivity contribution in [3.05, 3.63) is 127 Å². The highest BCUT2D eigenvalue weighted by atomic mass is 32.1. The molecule has 0 amide bonds. The SMILES string of the molecule is c1ccc2cc(-n3c4c5ccccc5ccc4c4c5ccccc5c5c6ccccc6sc5c43)ccc2c1. The maximum atomic E-state index is 2.55. The first kappa shape index (κ1) is 20.4. The van der Waals surface area contributed by atoms with E-state index in [1.54, 1.807) is 0 Å². The van der Waals surface area contributed by atoms with Crippen molar-refractivity contribution >= 4 is 85.6 Å². The van der Waals surface area contributed by atoms with Crippen molar-refractivity contribution < 1.29 is 0 Å². The second-order valence-corrected chi connectivity index (χ2v) is 11.2. The van der Waals surface area contributed by atoms with Crippen LogP contribution in [-0.4, -0.2) is 4.57 Å². The molecule has 0 spiro atoms. The molecule has 2 aromatic heterocycles. The van der Waals surface area contributed by atoms with E-state index in [0.29, 0.717) is 0 Å². The molecule has 0 aliphatic heterocycles. The molecule has 9 aromatic rings. The lowest BCUT2D eigenvalue weighted by Crippen LogP contribution is -1.95. The van der Waals surface area contributed by atoms with Crippen molar-refractivity contribution in [3.63, 3.8) is 0 Å². The molecule has 38 heavy (non-hydrogen) atoms. The minimum absolute atomic E-state index is 1.20. The minimum atomic E-state index is 1.20. The molecular weight excluding hydrogens is 478 g/mol. The van der Waals surface area contributed by atoms with Crippen LogP contribution in [0.4, 0.5) is 0 Å². The minimum Gasteiger partial charge on any atom is -0.307 e. The third kappa shape index (κ3) is 2.60. The van der Waals surface area contributed by atoms with Crippen LogP contribution in [0.25, 0.3) is 80.0 Å². The Morgan fingerprint density at radius 3 is 1.89 bits per heavy atom. The summed E-state index contributed by atoms with van der Waals surface area (Å²) < 4.78 is 5.23. The van der Waals surface area contributed by atoms with Crippen LogP contribution >= 0.6 is 11.3 Å². The molecule has 0 fully saturated rings. The van der Waals surface area contributed by atoms with E-state index in [1.165, 1.54) is 80.0 Å². The lowest BCUT2D eigenvalue weighted by atomic mass is 9.98. The summed E-state index contributed by atoms with van der Waals surface area (Å²) >= 11 is 1.92. The van der Waals surface area contributed by atoms with Gasteiger partial charge in [0.1, 0.15) is 0 Å². The van der Waals surface area contributed by atoms with Gasteiger partial charge in [0.2, 0.25) is 0 Å². The van der Waals surface area contributed by atoms with Gasteiger partial charge in [-0.2, -0.15) is 0 Å². The Morgan fingerprint density at radius 2 is 1.05 bits per heavy atom. The van der Waals surface area contributed by atoms with Gasteiger partial charge in [-0.25, -0.2) is 0 Å². The summed E-state index contributed by atoms with van der Waals surface area (Å²) in [6.45, 7) is 0. The Balaban J connectivity index is 1.64. The smallest absolute Gasteiger partial charge is 0.0726 e. The van der Waals surface area contributed by atoms with Gasteiger partial charge in [0, 0.05) is 37.3 Å². The lowest BCUT2D eigenvalue weighted by Gasteiger charge is -2.12. The number of hydrogen-bond acceptors (Lipinski definition) is 1. The third-order valence-electron chi connectivity index (χ3n) is 8.12. The van der Waals surface area contributed by atoms with Crippen LogP contribution in [0.15, 0.2) is 127 Å². The molecule has 0 saturated carbocycles. The molecule has 176 valence electrons. The van der Waals surface area contributed by atoms with E-state index in [1.807, 2.05) is 11.3 Å². The van der Waals surface area contributed by atoms with Gasteiger partial charge in [0.15, 0.2) is 0 Å². The number of aromatic nitrogens is 1. The van der Waals surface area contributed by atoms with Crippen LogP contribution in [0.5, 0.6) is 0 Å². The van der Waals surface area contributed by atoms with E-state index in [2.05, 4.69) is 132 Å². The van der Waals surface area contributed by atoms with E-state index in [0.717, 1.165) is 0 Å². The van der Waals surface area contributed by atoms with Crippen LogP contribution in [0.2, 0.25) is 0 Å². The van der Waals surface area contributed by atoms with Crippen LogP contribution < -0.4 is 0 Å². The van der Waals surface area contributed by atoms with Crippen LogP contribution in [0, 0.1) is 0 Å². The summed E-state index contributed by atoms with van der Waals surface area (Å²) in [5, 5.41) is 13.1. The third-order valence-corrected chi connectivity index (χ3v) is 9.30. The zero-order valence-electron chi connectivity index (χ0n) is 20.5. The summed E-state index contributed by atoms with van der Waals surface area (Å²) in [6.07, 6.45) is 0. The molecule has 0 atom stereocenters. The summed E-state index contributed by atoms with van der Waals surface area (Å²) in [5.74, 6) is 0. The molecule has 0 N–H and O–H groups in total. The Kier molecular flexibility index (Phi) is 3.99. The second kappa shape index (κ2) is 7.44. The van der Waals surface area contributed by atoms with Gasteiger partial charge in [0.25, 0.3) is 0 Å². The molecule has 2 heterocycles. The molecule has 0 aliphatic rings. The summed E-state index contributed by atoms with van der Waals surface area (Å²) in [4.78, 5) is 0. The standard InChI is InChI=1S/C36H21NS/c1-2-11-24-21-25(19-17-22(24)9-1)37-34-26-12-4-3-10-23(26)18-20-30(34)32-27-13-5-6-14-28(27)33-29-15-7-8-16-31(29)38-36(33)35(32)37/h1-21H. The Labute approximate surface area is 222 Å². The monoisotopic (exact) mass is 499 g/mol. The van der Waals surface area contributed by atoms with Gasteiger partial charge >= 0.3 is 0 Å². The van der Waals surface area contributed by atoms with E-state index in [4.69, 9.17) is 0 Å².